The smallest absolute Gasteiger partial charge is 0.0561 e. The maximum atomic E-state index is 3.84. The summed E-state index contributed by atoms with van der Waals surface area (Å²) in [7, 11) is 0. The van der Waals surface area contributed by atoms with Crippen molar-refractivity contribution in [3.63, 3.8) is 0 Å². The molecule has 2 aromatic heterocycles. The predicted octanol–water partition coefficient (Wildman–Crippen LogP) is 8.61. The van der Waals surface area contributed by atoms with Gasteiger partial charge in [0.25, 0.3) is 0 Å². The molecule has 1 aliphatic carbocycles. The number of hydrogen-bond acceptors (Lipinski definition) is 2. The SMILES string of the molecule is CC1c2sc3ccccc3c2C=CC1Nc1ccc2c3ccccc3n(-c3ccccc3)c2c1. The van der Waals surface area contributed by atoms with E-state index < -0.39 is 0 Å². The van der Waals surface area contributed by atoms with Gasteiger partial charge in [-0.15, -0.1) is 11.3 Å². The molecule has 164 valence electrons. The van der Waals surface area contributed by atoms with Gasteiger partial charge in [-0.2, -0.15) is 0 Å². The maximum absolute atomic E-state index is 3.84. The van der Waals surface area contributed by atoms with Crippen LogP contribution in [-0.4, -0.2) is 10.6 Å². The highest BCUT2D eigenvalue weighted by molar-refractivity contribution is 7.19. The third-order valence-electron chi connectivity index (χ3n) is 7.11. The van der Waals surface area contributed by atoms with E-state index in [1.54, 1.807) is 0 Å². The fraction of sp³-hybridized carbons (Fsp3) is 0.0968. The number of aromatic nitrogens is 1. The number of hydrogen-bond donors (Lipinski definition) is 1. The molecule has 7 rings (SSSR count). The Balaban J connectivity index is 1.31. The van der Waals surface area contributed by atoms with Gasteiger partial charge in [-0.05, 0) is 47.3 Å². The molecule has 2 atom stereocenters. The van der Waals surface area contributed by atoms with E-state index in [0.29, 0.717) is 5.92 Å². The molecule has 1 aliphatic rings. The summed E-state index contributed by atoms with van der Waals surface area (Å²) >= 11 is 1.93. The Labute approximate surface area is 202 Å². The summed E-state index contributed by atoms with van der Waals surface area (Å²) in [4.78, 5) is 1.47. The zero-order valence-electron chi connectivity index (χ0n) is 18.9. The first kappa shape index (κ1) is 19.6. The maximum Gasteiger partial charge on any atom is 0.0561 e. The van der Waals surface area contributed by atoms with Crippen LogP contribution in [0.1, 0.15) is 23.3 Å². The van der Waals surface area contributed by atoms with Crippen LogP contribution in [0.25, 0.3) is 43.7 Å². The first-order chi connectivity index (χ1) is 16.8. The summed E-state index contributed by atoms with van der Waals surface area (Å²) in [6, 6.07) is 35.1. The van der Waals surface area contributed by atoms with E-state index in [1.807, 2.05) is 11.3 Å². The highest BCUT2D eigenvalue weighted by Gasteiger charge is 2.26. The largest absolute Gasteiger partial charge is 0.378 e. The van der Waals surface area contributed by atoms with E-state index in [4.69, 9.17) is 0 Å². The lowest BCUT2D eigenvalue weighted by atomic mass is 9.90. The minimum Gasteiger partial charge on any atom is -0.378 e. The van der Waals surface area contributed by atoms with E-state index in [0.717, 1.165) is 5.69 Å². The topological polar surface area (TPSA) is 17.0 Å². The highest BCUT2D eigenvalue weighted by Crippen LogP contribution is 2.42. The molecule has 0 radical (unpaired) electrons. The molecule has 0 spiro atoms. The lowest BCUT2D eigenvalue weighted by Gasteiger charge is -2.26. The normalized spacial score (nSPS) is 17.4. The molecule has 4 aromatic carbocycles. The van der Waals surface area contributed by atoms with Crippen molar-refractivity contribution >= 4 is 55.0 Å². The standard InChI is InChI=1S/C31H24N2S/c1-20-27(18-17-26-25-12-6-8-14-30(25)34-31(20)26)32-21-15-16-24-23-11-5-7-13-28(23)33(29(24)19-21)22-9-3-2-4-10-22/h2-20,27,32H,1H3. The highest BCUT2D eigenvalue weighted by atomic mass is 32.1. The second-order valence-corrected chi connectivity index (χ2v) is 10.2. The zero-order chi connectivity index (χ0) is 22.6. The molecule has 0 aliphatic heterocycles. The molecule has 1 N–H and O–H groups in total. The summed E-state index contributed by atoms with van der Waals surface area (Å²) in [5.74, 6) is 0.410. The van der Waals surface area contributed by atoms with Crippen molar-refractivity contribution in [1.82, 2.24) is 4.57 Å². The second-order valence-electron chi connectivity index (χ2n) is 9.11. The Kier molecular flexibility index (Phi) is 4.39. The summed E-state index contributed by atoms with van der Waals surface area (Å²) in [5, 5.41) is 7.78. The first-order valence-corrected chi connectivity index (χ1v) is 12.6. The van der Waals surface area contributed by atoms with Gasteiger partial charge in [-0.25, -0.2) is 0 Å². The molecule has 2 nitrogen and oxygen atoms in total. The molecular weight excluding hydrogens is 432 g/mol. The molecule has 0 saturated heterocycles. The lowest BCUT2D eigenvalue weighted by molar-refractivity contribution is 0.707. The molecule has 2 unspecified atom stereocenters. The average Bonchev–Trinajstić information content (AvgIpc) is 3.42. The van der Waals surface area contributed by atoms with Gasteiger partial charge in [-0.3, -0.25) is 0 Å². The Morgan fingerprint density at radius 3 is 2.35 bits per heavy atom. The van der Waals surface area contributed by atoms with Crippen molar-refractivity contribution in [3.8, 4) is 5.69 Å². The van der Waals surface area contributed by atoms with Crippen molar-refractivity contribution in [2.75, 3.05) is 5.32 Å². The van der Waals surface area contributed by atoms with Crippen LogP contribution in [-0.2, 0) is 0 Å². The van der Waals surface area contributed by atoms with Crippen LogP contribution in [0, 0.1) is 0 Å². The predicted molar refractivity (Wildman–Crippen MR) is 147 cm³/mol. The molecule has 0 saturated carbocycles. The van der Waals surface area contributed by atoms with Crippen LogP contribution >= 0.6 is 11.3 Å². The number of nitrogens with zero attached hydrogens (tertiary/aromatic N) is 1. The molecule has 2 heterocycles. The number of rotatable bonds is 3. The van der Waals surface area contributed by atoms with Crippen molar-refractivity contribution < 1.29 is 0 Å². The van der Waals surface area contributed by atoms with E-state index in [1.165, 1.54) is 48.0 Å². The molecular formula is C31H24N2S. The van der Waals surface area contributed by atoms with E-state index in [9.17, 15) is 0 Å². The van der Waals surface area contributed by atoms with Crippen LogP contribution < -0.4 is 5.32 Å². The van der Waals surface area contributed by atoms with Gasteiger partial charge >= 0.3 is 0 Å². The minimum atomic E-state index is 0.257. The lowest BCUT2D eigenvalue weighted by Crippen LogP contribution is -2.25. The summed E-state index contributed by atoms with van der Waals surface area (Å²) in [6.45, 7) is 2.34. The monoisotopic (exact) mass is 456 g/mol. The quantitative estimate of drug-likeness (QED) is 0.282. The third kappa shape index (κ3) is 2.94. The Hall–Kier alpha value is -3.82. The third-order valence-corrected chi connectivity index (χ3v) is 8.49. The number of fused-ring (bicyclic) bond motifs is 6. The molecule has 3 heteroatoms. The Bertz CT molecular complexity index is 1700. The first-order valence-electron chi connectivity index (χ1n) is 11.8. The Morgan fingerprint density at radius 1 is 0.735 bits per heavy atom. The van der Waals surface area contributed by atoms with Crippen molar-refractivity contribution in [3.05, 3.63) is 114 Å². The van der Waals surface area contributed by atoms with Crippen molar-refractivity contribution in [2.24, 2.45) is 0 Å². The van der Waals surface area contributed by atoms with Gasteiger partial charge in [-0.1, -0.05) is 79.7 Å². The summed E-state index contributed by atoms with van der Waals surface area (Å²) in [5.41, 5.74) is 6.20. The van der Waals surface area contributed by atoms with Gasteiger partial charge in [0, 0.05) is 37.6 Å². The van der Waals surface area contributed by atoms with Crippen LogP contribution in [0.5, 0.6) is 0 Å². The molecule has 34 heavy (non-hydrogen) atoms. The summed E-state index contributed by atoms with van der Waals surface area (Å²) < 4.78 is 3.75. The van der Waals surface area contributed by atoms with Crippen LogP contribution in [0.3, 0.4) is 0 Å². The van der Waals surface area contributed by atoms with Gasteiger partial charge in [0.1, 0.15) is 0 Å². The number of thiophene rings is 1. The molecule has 0 fully saturated rings. The number of benzene rings is 4. The Morgan fingerprint density at radius 2 is 1.47 bits per heavy atom. The molecule has 0 amide bonds. The molecule has 0 bridgehead atoms. The fourth-order valence-corrected chi connectivity index (χ4v) is 6.70. The van der Waals surface area contributed by atoms with Gasteiger partial charge in [0.15, 0.2) is 0 Å². The van der Waals surface area contributed by atoms with Gasteiger partial charge in [0.05, 0.1) is 17.1 Å². The van der Waals surface area contributed by atoms with Gasteiger partial charge in [0.2, 0.25) is 0 Å². The van der Waals surface area contributed by atoms with Crippen LogP contribution in [0.15, 0.2) is 103 Å². The second kappa shape index (κ2) is 7.61. The zero-order valence-corrected chi connectivity index (χ0v) is 19.7. The van der Waals surface area contributed by atoms with E-state index in [2.05, 4.69) is 126 Å². The number of para-hydroxylation sites is 2. The fourth-order valence-electron chi connectivity index (χ4n) is 5.41. The van der Waals surface area contributed by atoms with Crippen molar-refractivity contribution in [2.45, 2.75) is 18.9 Å². The van der Waals surface area contributed by atoms with E-state index in [-0.39, 0.29) is 6.04 Å². The van der Waals surface area contributed by atoms with Crippen molar-refractivity contribution in [1.29, 1.82) is 0 Å². The average molecular weight is 457 g/mol. The summed E-state index contributed by atoms with van der Waals surface area (Å²) in [6.07, 6.45) is 4.65. The van der Waals surface area contributed by atoms with Crippen LogP contribution in [0.2, 0.25) is 0 Å². The number of nitrogens with one attached hydrogen (secondary N) is 1. The van der Waals surface area contributed by atoms with E-state index >= 15 is 0 Å². The molecule has 6 aromatic rings. The van der Waals surface area contributed by atoms with Crippen LogP contribution in [0.4, 0.5) is 5.69 Å². The van der Waals surface area contributed by atoms with Gasteiger partial charge < -0.3 is 9.88 Å². The number of anilines is 1. The minimum absolute atomic E-state index is 0.257.